The van der Waals surface area contributed by atoms with Crippen LogP contribution in [0.2, 0.25) is 5.02 Å². The highest BCUT2D eigenvalue weighted by Crippen LogP contribution is 2.29. The Morgan fingerprint density at radius 1 is 1.50 bits per heavy atom. The van der Waals surface area contributed by atoms with Gasteiger partial charge in [-0.15, -0.1) is 0 Å². The van der Waals surface area contributed by atoms with Crippen molar-refractivity contribution in [2.24, 2.45) is 0 Å². The average molecular weight is 349 g/mol. The lowest BCUT2D eigenvalue weighted by Gasteiger charge is -2.13. The average Bonchev–Trinajstić information content (AvgIpc) is 2.80. The van der Waals surface area contributed by atoms with Crippen LogP contribution in [0.25, 0.3) is 0 Å². The van der Waals surface area contributed by atoms with Crippen LogP contribution in [0.1, 0.15) is 29.6 Å². The van der Waals surface area contributed by atoms with Crippen LogP contribution in [-0.2, 0) is 0 Å². The van der Waals surface area contributed by atoms with E-state index in [9.17, 15) is 4.79 Å². The minimum atomic E-state index is -0.0759. The summed E-state index contributed by atoms with van der Waals surface area (Å²) in [7, 11) is 0. The number of halogens is 2. The van der Waals surface area contributed by atoms with E-state index >= 15 is 0 Å². The van der Waals surface area contributed by atoms with Crippen LogP contribution in [0.15, 0.2) is 22.7 Å². The Balaban J connectivity index is 2.02. The van der Waals surface area contributed by atoms with Gasteiger partial charge in [0, 0.05) is 15.8 Å². The minimum absolute atomic E-state index is 0.0759. The molecule has 1 saturated carbocycles. The number of nitrogens with one attached hydrogen (secondary N) is 1. The van der Waals surface area contributed by atoms with Crippen molar-refractivity contribution in [2.45, 2.75) is 30.6 Å². The number of carbonyl (C=O) groups excluding carboxylic acids is 1. The van der Waals surface area contributed by atoms with Gasteiger partial charge in [0.05, 0.1) is 10.6 Å². The van der Waals surface area contributed by atoms with E-state index < -0.39 is 0 Å². The maximum atomic E-state index is 12.1. The van der Waals surface area contributed by atoms with Gasteiger partial charge in [0.2, 0.25) is 0 Å². The number of amides is 1. The quantitative estimate of drug-likeness (QED) is 0.890. The molecule has 98 valence electrons. The van der Waals surface area contributed by atoms with Crippen molar-refractivity contribution in [2.75, 3.05) is 6.26 Å². The first-order valence-electron chi connectivity index (χ1n) is 5.89. The van der Waals surface area contributed by atoms with E-state index in [0.717, 1.165) is 17.3 Å². The first-order chi connectivity index (χ1) is 8.60. The smallest absolute Gasteiger partial charge is 0.253 e. The van der Waals surface area contributed by atoms with Crippen molar-refractivity contribution < 1.29 is 4.79 Å². The molecule has 2 rings (SSSR count). The largest absolute Gasteiger partial charge is 0.349 e. The van der Waals surface area contributed by atoms with Crippen molar-refractivity contribution in [1.29, 1.82) is 0 Å². The topological polar surface area (TPSA) is 29.1 Å². The molecule has 0 heterocycles. The summed E-state index contributed by atoms with van der Waals surface area (Å²) in [5.41, 5.74) is 0.540. The molecule has 1 N–H and O–H groups in total. The highest BCUT2D eigenvalue weighted by molar-refractivity contribution is 9.10. The Morgan fingerprint density at radius 3 is 2.94 bits per heavy atom. The molecule has 1 aliphatic carbocycles. The zero-order valence-corrected chi connectivity index (χ0v) is 13.2. The molecule has 0 bridgehead atoms. The Bertz CT molecular complexity index is 455. The highest BCUT2D eigenvalue weighted by atomic mass is 79.9. The summed E-state index contributed by atoms with van der Waals surface area (Å²) in [5.74, 6) is -0.0759. The van der Waals surface area contributed by atoms with Crippen molar-refractivity contribution >= 4 is 45.2 Å². The van der Waals surface area contributed by atoms with E-state index in [1.807, 2.05) is 17.8 Å². The number of hydrogen-bond acceptors (Lipinski definition) is 2. The molecule has 0 radical (unpaired) electrons. The minimum Gasteiger partial charge on any atom is -0.349 e. The Labute approximate surface area is 125 Å². The van der Waals surface area contributed by atoms with E-state index in [-0.39, 0.29) is 11.9 Å². The molecule has 5 heteroatoms. The predicted octanol–water partition coefficient (Wildman–Crippen LogP) is 4.12. The van der Waals surface area contributed by atoms with E-state index in [2.05, 4.69) is 27.5 Å². The number of thioether (sulfide) groups is 1. The van der Waals surface area contributed by atoms with Crippen LogP contribution in [0.4, 0.5) is 0 Å². The van der Waals surface area contributed by atoms with Crippen LogP contribution in [0, 0.1) is 0 Å². The van der Waals surface area contributed by atoms with Crippen LogP contribution >= 0.6 is 39.3 Å². The lowest BCUT2D eigenvalue weighted by Crippen LogP contribution is -2.33. The van der Waals surface area contributed by atoms with Crippen molar-refractivity contribution in [3.8, 4) is 0 Å². The number of rotatable bonds is 3. The second-order valence-corrected chi connectivity index (χ2v) is 6.93. The van der Waals surface area contributed by atoms with Crippen molar-refractivity contribution in [3.05, 3.63) is 33.3 Å². The number of carbonyl (C=O) groups is 1. The second kappa shape index (κ2) is 6.31. The molecule has 1 fully saturated rings. The maximum absolute atomic E-state index is 12.1. The summed E-state index contributed by atoms with van der Waals surface area (Å²) in [6, 6.07) is 5.61. The third kappa shape index (κ3) is 3.43. The fraction of sp³-hybridized carbons (Fsp3) is 0.462. The van der Waals surface area contributed by atoms with Crippen LogP contribution in [-0.4, -0.2) is 23.5 Å². The Morgan fingerprint density at radius 2 is 2.28 bits per heavy atom. The Hall–Kier alpha value is -0.190. The summed E-state index contributed by atoms with van der Waals surface area (Å²) in [6.45, 7) is 0. The third-order valence-electron chi connectivity index (χ3n) is 3.23. The highest BCUT2D eigenvalue weighted by Gasteiger charge is 2.25. The van der Waals surface area contributed by atoms with Gasteiger partial charge in [0.1, 0.15) is 0 Å². The van der Waals surface area contributed by atoms with Crippen molar-refractivity contribution in [1.82, 2.24) is 5.32 Å². The maximum Gasteiger partial charge on any atom is 0.253 e. The number of hydrogen-bond donors (Lipinski definition) is 1. The standard InChI is InChI=1S/C13H15BrClNOS/c1-18-10-4-3-9(7-10)16-13(17)11-6-8(14)2-5-12(11)15/h2,5-6,9-10H,3-4,7H2,1H3,(H,16,17). The van der Waals surface area contributed by atoms with E-state index in [0.29, 0.717) is 15.8 Å². The van der Waals surface area contributed by atoms with Gasteiger partial charge in [-0.2, -0.15) is 11.8 Å². The van der Waals surface area contributed by atoms with E-state index in [1.54, 1.807) is 12.1 Å². The molecule has 0 aliphatic heterocycles. The molecule has 2 atom stereocenters. The molecule has 0 spiro atoms. The van der Waals surface area contributed by atoms with Crippen LogP contribution in [0.3, 0.4) is 0 Å². The SMILES string of the molecule is CSC1CCC(NC(=O)c2cc(Br)ccc2Cl)C1. The van der Waals surface area contributed by atoms with Gasteiger partial charge in [-0.05, 0) is 43.7 Å². The van der Waals surface area contributed by atoms with Gasteiger partial charge in [-0.1, -0.05) is 27.5 Å². The fourth-order valence-corrected chi connectivity index (χ4v) is 3.58. The fourth-order valence-electron chi connectivity index (χ4n) is 2.22. The van der Waals surface area contributed by atoms with Gasteiger partial charge >= 0.3 is 0 Å². The van der Waals surface area contributed by atoms with Gasteiger partial charge < -0.3 is 5.32 Å². The lowest BCUT2D eigenvalue weighted by molar-refractivity contribution is 0.0938. The zero-order chi connectivity index (χ0) is 13.1. The molecule has 2 nitrogen and oxygen atoms in total. The molecule has 1 aromatic rings. The molecule has 0 saturated heterocycles. The second-order valence-electron chi connectivity index (χ2n) is 4.47. The summed E-state index contributed by atoms with van der Waals surface area (Å²) >= 11 is 11.3. The molecular weight excluding hydrogens is 334 g/mol. The monoisotopic (exact) mass is 347 g/mol. The molecule has 1 aliphatic rings. The van der Waals surface area contributed by atoms with Gasteiger partial charge in [-0.3, -0.25) is 4.79 Å². The van der Waals surface area contributed by atoms with Crippen molar-refractivity contribution in [3.63, 3.8) is 0 Å². The zero-order valence-electron chi connectivity index (χ0n) is 10.1. The first kappa shape index (κ1) is 14.2. The molecule has 0 aromatic heterocycles. The van der Waals surface area contributed by atoms with Gasteiger partial charge in [0.15, 0.2) is 0 Å². The van der Waals surface area contributed by atoms with E-state index in [1.165, 1.54) is 6.42 Å². The van der Waals surface area contributed by atoms with Crippen LogP contribution < -0.4 is 5.32 Å². The Kier molecular flexibility index (Phi) is 4.98. The first-order valence-corrected chi connectivity index (χ1v) is 8.34. The summed E-state index contributed by atoms with van der Waals surface area (Å²) in [4.78, 5) is 12.1. The van der Waals surface area contributed by atoms with E-state index in [4.69, 9.17) is 11.6 Å². The molecule has 18 heavy (non-hydrogen) atoms. The van der Waals surface area contributed by atoms with Crippen LogP contribution in [0.5, 0.6) is 0 Å². The third-order valence-corrected chi connectivity index (χ3v) is 5.14. The molecule has 1 amide bonds. The van der Waals surface area contributed by atoms with Gasteiger partial charge in [-0.25, -0.2) is 0 Å². The lowest BCUT2D eigenvalue weighted by atomic mass is 10.2. The molecule has 1 aromatic carbocycles. The summed E-state index contributed by atoms with van der Waals surface area (Å²) in [6.07, 6.45) is 5.42. The number of benzene rings is 1. The normalized spacial score (nSPS) is 23.1. The molecule has 2 unspecified atom stereocenters. The summed E-state index contributed by atoms with van der Waals surface area (Å²) in [5, 5.41) is 4.24. The molecular formula is C13H15BrClNOS. The van der Waals surface area contributed by atoms with Gasteiger partial charge in [0.25, 0.3) is 5.91 Å². The predicted molar refractivity (Wildman–Crippen MR) is 81.6 cm³/mol. The summed E-state index contributed by atoms with van der Waals surface area (Å²) < 4.78 is 0.866.